The molecule has 0 heterocycles. The molecular weight excluding hydrogens is 289 g/mol. The molecule has 1 unspecified atom stereocenters. The molecule has 1 aromatic rings. The minimum absolute atomic E-state index is 0.227. The lowest BCUT2D eigenvalue weighted by atomic mass is 9.82. The van der Waals surface area contributed by atoms with E-state index in [2.05, 4.69) is 0 Å². The summed E-state index contributed by atoms with van der Waals surface area (Å²) >= 11 is 5.15. The van der Waals surface area contributed by atoms with E-state index in [4.69, 9.17) is 12.2 Å². The Kier molecular flexibility index (Phi) is 4.04. The summed E-state index contributed by atoms with van der Waals surface area (Å²) < 4.78 is 37.4. The fourth-order valence-corrected chi connectivity index (χ4v) is 2.55. The van der Waals surface area contributed by atoms with Crippen molar-refractivity contribution in [3.8, 4) is 0 Å². The van der Waals surface area contributed by atoms with Gasteiger partial charge in [0.25, 0.3) is 0 Å². The molecule has 1 aromatic carbocycles. The van der Waals surface area contributed by atoms with E-state index in [0.717, 1.165) is 12.1 Å². The lowest BCUT2D eigenvalue weighted by molar-refractivity contribution is -0.139. The van der Waals surface area contributed by atoms with Crippen LogP contribution in [-0.4, -0.2) is 16.4 Å². The van der Waals surface area contributed by atoms with Crippen molar-refractivity contribution in [1.29, 1.82) is 0 Å². The molecule has 0 saturated heterocycles. The summed E-state index contributed by atoms with van der Waals surface area (Å²) in [6, 6.07) is 4.35. The predicted octanol–water partition coefficient (Wildman–Crippen LogP) is 3.36. The van der Waals surface area contributed by atoms with Gasteiger partial charge in [-0.05, 0) is 30.5 Å². The highest BCUT2D eigenvalue weighted by atomic mass is 32.1. The number of halogens is 3. The molecule has 106 valence electrons. The zero-order valence-electron chi connectivity index (χ0n) is 10.4. The van der Waals surface area contributed by atoms with E-state index < -0.39 is 29.2 Å². The van der Waals surface area contributed by atoms with Crippen molar-refractivity contribution in [2.45, 2.75) is 25.4 Å². The van der Waals surface area contributed by atoms with Gasteiger partial charge in [0.1, 0.15) is 0 Å². The number of ketones is 2. The predicted molar refractivity (Wildman–Crippen MR) is 70.5 cm³/mol. The van der Waals surface area contributed by atoms with Crippen molar-refractivity contribution in [1.82, 2.24) is 0 Å². The summed E-state index contributed by atoms with van der Waals surface area (Å²) in [4.78, 5) is 23.4. The van der Waals surface area contributed by atoms with Crippen molar-refractivity contribution < 1.29 is 22.8 Å². The Bertz CT molecular complexity index is 561. The number of Topliss-reactive ketones (excluding diaryl/α,β-unsaturated/α-hetero) is 2. The summed E-state index contributed by atoms with van der Waals surface area (Å²) in [5.41, 5.74) is -0.379. The number of alkyl halides is 3. The molecule has 1 aliphatic carbocycles. The Morgan fingerprint density at radius 3 is 2.30 bits per heavy atom. The minimum atomic E-state index is -4.41. The van der Waals surface area contributed by atoms with Crippen LogP contribution in [0.2, 0.25) is 0 Å². The minimum Gasteiger partial charge on any atom is -0.291 e. The standard InChI is InChI=1S/C14H11F3O2S/c15-14(16,17)9-6-4-8(5-7-9)13(20)10-2-1-3-11(18)12(10)19/h4-7,10H,1-3H2. The maximum absolute atomic E-state index is 12.5. The molecule has 1 atom stereocenters. The second kappa shape index (κ2) is 5.44. The van der Waals surface area contributed by atoms with Crippen LogP contribution in [0.25, 0.3) is 0 Å². The van der Waals surface area contributed by atoms with E-state index in [1.54, 1.807) is 0 Å². The highest BCUT2D eigenvalue weighted by Gasteiger charge is 2.33. The number of carbonyl (C=O) groups is 2. The molecule has 0 aliphatic heterocycles. The van der Waals surface area contributed by atoms with Gasteiger partial charge >= 0.3 is 6.18 Å². The molecule has 2 rings (SSSR count). The number of carbonyl (C=O) groups excluding carboxylic acids is 2. The molecule has 1 fully saturated rings. The quantitative estimate of drug-likeness (QED) is 0.477. The van der Waals surface area contributed by atoms with Crippen LogP contribution in [0.4, 0.5) is 13.2 Å². The molecule has 0 amide bonds. The number of rotatable bonds is 2. The highest BCUT2D eigenvalue weighted by Crippen LogP contribution is 2.30. The van der Waals surface area contributed by atoms with Gasteiger partial charge in [-0.25, -0.2) is 0 Å². The third-order valence-electron chi connectivity index (χ3n) is 3.30. The van der Waals surface area contributed by atoms with Crippen LogP contribution in [0.15, 0.2) is 24.3 Å². The monoisotopic (exact) mass is 300 g/mol. The average Bonchev–Trinajstić information content (AvgIpc) is 2.40. The van der Waals surface area contributed by atoms with Crippen molar-refractivity contribution in [2.75, 3.05) is 0 Å². The molecule has 2 nitrogen and oxygen atoms in total. The van der Waals surface area contributed by atoms with Gasteiger partial charge in [0, 0.05) is 11.3 Å². The van der Waals surface area contributed by atoms with Crippen LogP contribution < -0.4 is 0 Å². The van der Waals surface area contributed by atoms with Crippen LogP contribution in [0.3, 0.4) is 0 Å². The number of benzene rings is 1. The van der Waals surface area contributed by atoms with Gasteiger partial charge in [-0.15, -0.1) is 0 Å². The Balaban J connectivity index is 2.21. The summed E-state index contributed by atoms with van der Waals surface area (Å²) in [5, 5.41) is 0. The third kappa shape index (κ3) is 2.95. The SMILES string of the molecule is O=C1CCCC(C(=S)c2ccc(C(F)(F)F)cc2)C1=O. The van der Waals surface area contributed by atoms with Gasteiger partial charge in [-0.3, -0.25) is 9.59 Å². The van der Waals surface area contributed by atoms with Crippen molar-refractivity contribution in [3.05, 3.63) is 35.4 Å². The van der Waals surface area contributed by atoms with E-state index in [1.807, 2.05) is 0 Å². The lowest BCUT2D eigenvalue weighted by Crippen LogP contribution is -2.33. The van der Waals surface area contributed by atoms with Crippen molar-refractivity contribution in [2.24, 2.45) is 5.92 Å². The summed E-state index contributed by atoms with van der Waals surface area (Å²) in [6.45, 7) is 0. The van der Waals surface area contributed by atoms with Gasteiger partial charge in [0.05, 0.1) is 11.5 Å². The number of hydrogen-bond donors (Lipinski definition) is 0. The van der Waals surface area contributed by atoms with Crippen LogP contribution in [0, 0.1) is 5.92 Å². The smallest absolute Gasteiger partial charge is 0.291 e. The second-order valence-corrected chi connectivity index (χ2v) is 5.11. The van der Waals surface area contributed by atoms with Crippen LogP contribution in [-0.2, 0) is 15.8 Å². The van der Waals surface area contributed by atoms with E-state index >= 15 is 0 Å². The van der Waals surface area contributed by atoms with Gasteiger partial charge in [-0.1, -0.05) is 24.4 Å². The van der Waals surface area contributed by atoms with E-state index in [-0.39, 0.29) is 11.3 Å². The zero-order chi connectivity index (χ0) is 14.9. The van der Waals surface area contributed by atoms with E-state index in [9.17, 15) is 22.8 Å². The number of thiocarbonyl (C=S) groups is 1. The zero-order valence-corrected chi connectivity index (χ0v) is 11.2. The van der Waals surface area contributed by atoms with Gasteiger partial charge in [0.2, 0.25) is 5.78 Å². The van der Waals surface area contributed by atoms with Gasteiger partial charge < -0.3 is 0 Å². The summed E-state index contributed by atoms with van der Waals surface area (Å²) in [5.74, 6) is -1.65. The molecule has 20 heavy (non-hydrogen) atoms. The Morgan fingerprint density at radius 2 is 1.75 bits per heavy atom. The Labute approximate surface area is 119 Å². The molecule has 0 spiro atoms. The largest absolute Gasteiger partial charge is 0.416 e. The first-order chi connectivity index (χ1) is 9.30. The summed E-state index contributed by atoms with van der Waals surface area (Å²) in [6.07, 6.45) is -3.12. The molecular formula is C14H11F3O2S. The van der Waals surface area contributed by atoms with Crippen LogP contribution in [0.1, 0.15) is 30.4 Å². The van der Waals surface area contributed by atoms with Crippen LogP contribution in [0.5, 0.6) is 0 Å². The maximum atomic E-state index is 12.5. The fourth-order valence-electron chi connectivity index (χ4n) is 2.19. The normalized spacial score (nSPS) is 20.1. The Hall–Kier alpha value is -1.56. The molecule has 0 bridgehead atoms. The van der Waals surface area contributed by atoms with Crippen molar-refractivity contribution in [3.63, 3.8) is 0 Å². The molecule has 0 N–H and O–H groups in total. The van der Waals surface area contributed by atoms with Crippen LogP contribution >= 0.6 is 12.2 Å². The molecule has 1 saturated carbocycles. The van der Waals surface area contributed by atoms with Gasteiger partial charge in [0.15, 0.2) is 5.78 Å². The van der Waals surface area contributed by atoms with Gasteiger partial charge in [-0.2, -0.15) is 13.2 Å². The molecule has 1 aliphatic rings. The first kappa shape index (κ1) is 14.8. The average molecular weight is 300 g/mol. The molecule has 6 heteroatoms. The molecule has 0 radical (unpaired) electrons. The first-order valence-corrected chi connectivity index (χ1v) is 6.50. The Morgan fingerprint density at radius 1 is 1.15 bits per heavy atom. The maximum Gasteiger partial charge on any atom is 0.416 e. The lowest BCUT2D eigenvalue weighted by Gasteiger charge is -2.20. The first-order valence-electron chi connectivity index (χ1n) is 6.09. The topological polar surface area (TPSA) is 34.1 Å². The highest BCUT2D eigenvalue weighted by molar-refractivity contribution is 7.81. The second-order valence-electron chi connectivity index (χ2n) is 4.67. The fraction of sp³-hybridized carbons (Fsp3) is 0.357. The van der Waals surface area contributed by atoms with E-state index in [0.29, 0.717) is 18.4 Å². The summed E-state index contributed by atoms with van der Waals surface area (Å²) in [7, 11) is 0. The molecule has 0 aromatic heterocycles. The number of hydrogen-bond acceptors (Lipinski definition) is 3. The van der Waals surface area contributed by atoms with E-state index in [1.165, 1.54) is 12.1 Å². The third-order valence-corrected chi connectivity index (χ3v) is 3.82. The van der Waals surface area contributed by atoms with Crippen molar-refractivity contribution >= 4 is 28.6 Å².